The van der Waals surface area contributed by atoms with Gasteiger partial charge in [0.05, 0.1) is 46.2 Å². The van der Waals surface area contributed by atoms with Crippen LogP contribution in [-0.4, -0.2) is 110 Å². The first kappa shape index (κ1) is 25.7. The molecule has 1 aliphatic rings. The first-order valence-electron chi connectivity index (χ1n) is 9.24. The van der Waals surface area contributed by atoms with Gasteiger partial charge in [0.1, 0.15) is 24.4 Å². The van der Waals surface area contributed by atoms with Crippen molar-refractivity contribution in [2.24, 2.45) is 5.11 Å². The Morgan fingerprint density at radius 1 is 0.931 bits per heavy atom. The van der Waals surface area contributed by atoms with Gasteiger partial charge < -0.3 is 44.1 Å². The fourth-order valence-electron chi connectivity index (χ4n) is 2.40. The predicted molar refractivity (Wildman–Crippen MR) is 95.6 cm³/mol. The molecule has 1 saturated heterocycles. The monoisotopic (exact) mass is 423 g/mol. The van der Waals surface area contributed by atoms with Crippen LogP contribution in [0.3, 0.4) is 0 Å². The number of carbonyl (C=O) groups is 1. The molecule has 0 aliphatic carbocycles. The largest absolute Gasteiger partial charge is 0.394 e. The van der Waals surface area contributed by atoms with Crippen molar-refractivity contribution in [2.75, 3.05) is 52.9 Å². The molecule has 13 nitrogen and oxygen atoms in total. The lowest BCUT2D eigenvalue weighted by Crippen LogP contribution is -2.59. The molecule has 0 aromatic carbocycles. The molecule has 168 valence electrons. The lowest BCUT2D eigenvalue weighted by molar-refractivity contribution is -0.302. The third-order valence-corrected chi connectivity index (χ3v) is 3.94. The Bertz CT molecular complexity index is 503. The van der Waals surface area contributed by atoms with E-state index < -0.39 is 43.2 Å². The maximum absolute atomic E-state index is 10.9. The summed E-state index contributed by atoms with van der Waals surface area (Å²) in [6, 6.07) is 0. The zero-order chi connectivity index (χ0) is 21.5. The summed E-state index contributed by atoms with van der Waals surface area (Å²) in [4.78, 5) is 13.3. The van der Waals surface area contributed by atoms with Crippen LogP contribution in [-0.2, 0) is 28.5 Å². The van der Waals surface area contributed by atoms with Gasteiger partial charge in [-0.05, 0) is 17.1 Å². The summed E-state index contributed by atoms with van der Waals surface area (Å²) in [5.41, 5.74) is 8.07. The van der Waals surface area contributed by atoms with Gasteiger partial charge in [-0.3, -0.25) is 4.79 Å². The molecule has 29 heavy (non-hydrogen) atoms. The quantitative estimate of drug-likeness (QED) is 0.104. The molecule has 5 atom stereocenters. The number of aliphatic hydroxyl groups is 4. The van der Waals surface area contributed by atoms with E-state index in [-0.39, 0.29) is 19.6 Å². The first-order chi connectivity index (χ1) is 14.0. The Morgan fingerprint density at radius 2 is 1.52 bits per heavy atom. The van der Waals surface area contributed by atoms with E-state index in [1.165, 1.54) is 0 Å². The molecule has 0 aromatic rings. The van der Waals surface area contributed by atoms with Gasteiger partial charge in [-0.2, -0.15) is 0 Å². The Morgan fingerprint density at radius 3 is 2.10 bits per heavy atom. The molecular weight excluding hydrogens is 394 g/mol. The van der Waals surface area contributed by atoms with Crippen molar-refractivity contribution in [3.63, 3.8) is 0 Å². The maximum Gasteiger partial charge on any atom is 0.219 e. The second-order valence-electron chi connectivity index (χ2n) is 6.09. The second kappa shape index (κ2) is 15.5. The van der Waals surface area contributed by atoms with Gasteiger partial charge in [-0.25, -0.2) is 0 Å². The standard InChI is InChI=1S/C16H29N3O10/c17-19-18-12(21)2-1-3-25-4-5-26-6-7-27-8-9-28-16-15(24)14(23)13(22)11(10-20)29-16/h11,13-16,20,22-24H,1-10H2/t11-,13-,14+,15-,16-/m1/s1. The Labute approximate surface area is 167 Å². The topological polar surface area (TPSA) is 193 Å². The van der Waals surface area contributed by atoms with Crippen LogP contribution < -0.4 is 0 Å². The number of ether oxygens (including phenoxy) is 5. The van der Waals surface area contributed by atoms with E-state index in [1.807, 2.05) is 0 Å². The van der Waals surface area contributed by atoms with E-state index in [1.54, 1.807) is 0 Å². The molecule has 0 aromatic heterocycles. The fourth-order valence-corrected chi connectivity index (χ4v) is 2.40. The van der Waals surface area contributed by atoms with Crippen molar-refractivity contribution < 1.29 is 48.9 Å². The maximum atomic E-state index is 10.9. The second-order valence-corrected chi connectivity index (χ2v) is 6.09. The van der Waals surface area contributed by atoms with Gasteiger partial charge in [-0.1, -0.05) is 0 Å². The Kier molecular flexibility index (Phi) is 13.7. The molecule has 1 aliphatic heterocycles. The van der Waals surface area contributed by atoms with Crippen LogP contribution in [0.15, 0.2) is 5.11 Å². The minimum absolute atomic E-state index is 0.0698. The van der Waals surface area contributed by atoms with Gasteiger partial charge in [0, 0.05) is 17.9 Å². The third kappa shape index (κ3) is 10.3. The third-order valence-electron chi connectivity index (χ3n) is 3.94. The summed E-state index contributed by atoms with van der Waals surface area (Å²) in [5.74, 6) is -0.514. The van der Waals surface area contributed by atoms with Crippen LogP contribution in [0, 0.1) is 0 Å². The van der Waals surface area contributed by atoms with E-state index in [2.05, 4.69) is 10.0 Å². The van der Waals surface area contributed by atoms with Gasteiger partial charge in [0.2, 0.25) is 5.91 Å². The number of carbonyl (C=O) groups excluding carboxylic acids is 1. The van der Waals surface area contributed by atoms with Crippen molar-refractivity contribution in [3.05, 3.63) is 10.4 Å². The van der Waals surface area contributed by atoms with Crippen LogP contribution in [0.25, 0.3) is 10.4 Å². The van der Waals surface area contributed by atoms with Gasteiger partial charge in [0.15, 0.2) is 6.29 Å². The summed E-state index contributed by atoms with van der Waals surface area (Å²) in [6.07, 6.45) is -5.92. The van der Waals surface area contributed by atoms with Crippen molar-refractivity contribution in [1.82, 2.24) is 0 Å². The highest BCUT2D eigenvalue weighted by Crippen LogP contribution is 2.21. The van der Waals surface area contributed by atoms with E-state index >= 15 is 0 Å². The van der Waals surface area contributed by atoms with Crippen LogP contribution in [0.2, 0.25) is 0 Å². The SMILES string of the molecule is [N-]=[N+]=NC(=O)CCCOCCOCCOCCO[C@@H]1O[C@H](CO)[C@@H](O)[C@H](O)[C@H]1O. The summed E-state index contributed by atoms with van der Waals surface area (Å²) in [5, 5.41) is 41.1. The molecular formula is C16H29N3O10. The molecule has 0 radical (unpaired) electrons. The normalized spacial score (nSPS) is 26.8. The average molecular weight is 423 g/mol. The van der Waals surface area contributed by atoms with Crippen molar-refractivity contribution >= 4 is 5.91 Å². The lowest BCUT2D eigenvalue weighted by Gasteiger charge is -2.39. The molecule has 0 spiro atoms. The number of hydrogen-bond acceptors (Lipinski definition) is 10. The number of amides is 1. The summed E-state index contributed by atoms with van der Waals surface area (Å²) in [7, 11) is 0. The molecule has 1 heterocycles. The zero-order valence-electron chi connectivity index (χ0n) is 16.0. The van der Waals surface area contributed by atoms with E-state index in [9.17, 15) is 20.1 Å². The molecule has 1 rings (SSSR count). The summed E-state index contributed by atoms with van der Waals surface area (Å²) in [6.45, 7) is 1.45. The molecule has 1 fully saturated rings. The van der Waals surface area contributed by atoms with Crippen LogP contribution in [0.1, 0.15) is 12.8 Å². The van der Waals surface area contributed by atoms with Crippen LogP contribution >= 0.6 is 0 Å². The highest BCUT2D eigenvalue weighted by molar-refractivity contribution is 5.76. The predicted octanol–water partition coefficient (Wildman–Crippen LogP) is -1.53. The van der Waals surface area contributed by atoms with E-state index in [0.717, 1.165) is 0 Å². The fraction of sp³-hybridized carbons (Fsp3) is 0.938. The highest BCUT2D eigenvalue weighted by Gasteiger charge is 2.43. The number of nitrogens with zero attached hydrogens (tertiary/aromatic N) is 3. The van der Waals surface area contributed by atoms with Crippen molar-refractivity contribution in [2.45, 2.75) is 43.5 Å². The van der Waals surface area contributed by atoms with Crippen LogP contribution in [0.5, 0.6) is 0 Å². The number of rotatable bonds is 15. The smallest absolute Gasteiger partial charge is 0.219 e. The van der Waals surface area contributed by atoms with Gasteiger partial charge in [-0.15, -0.1) is 0 Å². The molecule has 13 heteroatoms. The molecule has 4 N–H and O–H groups in total. The van der Waals surface area contributed by atoms with Crippen molar-refractivity contribution in [3.8, 4) is 0 Å². The summed E-state index contributed by atoms with van der Waals surface area (Å²) < 4.78 is 26.3. The van der Waals surface area contributed by atoms with Gasteiger partial charge in [0.25, 0.3) is 0 Å². The number of hydrogen-bond donors (Lipinski definition) is 4. The molecule has 1 amide bonds. The van der Waals surface area contributed by atoms with E-state index in [0.29, 0.717) is 39.5 Å². The minimum atomic E-state index is -1.48. The highest BCUT2D eigenvalue weighted by atomic mass is 16.7. The van der Waals surface area contributed by atoms with Crippen LogP contribution in [0.4, 0.5) is 0 Å². The van der Waals surface area contributed by atoms with E-state index in [4.69, 9.17) is 34.3 Å². The Hall–Kier alpha value is -1.38. The Balaban J connectivity index is 1.93. The molecule has 0 unspecified atom stereocenters. The summed E-state index contributed by atoms with van der Waals surface area (Å²) >= 11 is 0. The lowest BCUT2D eigenvalue weighted by atomic mass is 9.99. The van der Waals surface area contributed by atoms with Crippen molar-refractivity contribution in [1.29, 1.82) is 0 Å². The average Bonchev–Trinajstić information content (AvgIpc) is 2.71. The van der Waals surface area contributed by atoms with Gasteiger partial charge >= 0.3 is 0 Å². The minimum Gasteiger partial charge on any atom is -0.394 e. The first-order valence-corrected chi connectivity index (χ1v) is 9.24. The zero-order valence-corrected chi connectivity index (χ0v) is 16.0. The molecule has 0 saturated carbocycles. The number of aliphatic hydroxyl groups excluding tert-OH is 4. The molecule has 0 bridgehead atoms. The number of azide groups is 1.